The van der Waals surface area contributed by atoms with Gasteiger partial charge in [0.2, 0.25) is 0 Å². The van der Waals surface area contributed by atoms with Gasteiger partial charge in [0.25, 0.3) is 0 Å². The molecule has 0 unspecified atom stereocenters. The average molecular weight is 292 g/mol. The largest absolute Gasteiger partial charge is 0.457 e. The Bertz CT molecular complexity index is 521. The Morgan fingerprint density at radius 2 is 2.05 bits per heavy atom. The van der Waals surface area contributed by atoms with Crippen LogP contribution in [-0.4, -0.2) is 17.8 Å². The van der Waals surface area contributed by atoms with Gasteiger partial charge < -0.3 is 10.5 Å². The summed E-state index contributed by atoms with van der Waals surface area (Å²) >= 11 is 1.93. The van der Waals surface area contributed by atoms with Crippen molar-refractivity contribution < 1.29 is 15.3 Å². The Morgan fingerprint density at radius 3 is 2.80 bits per heavy atom. The number of rotatable bonds is 3. The number of hydrogen-bond acceptors (Lipinski definition) is 3. The maximum atomic E-state index is 11.5. The van der Waals surface area contributed by atoms with Crippen molar-refractivity contribution in [1.29, 1.82) is 0 Å². The van der Waals surface area contributed by atoms with Crippen molar-refractivity contribution in [2.24, 2.45) is 5.92 Å². The summed E-state index contributed by atoms with van der Waals surface area (Å²) in [5, 5.41) is 0. The van der Waals surface area contributed by atoms with Gasteiger partial charge in [-0.15, -0.1) is 11.8 Å². The second-order valence-corrected chi connectivity index (χ2v) is 7.05. The van der Waals surface area contributed by atoms with Crippen LogP contribution in [0.25, 0.3) is 0 Å². The lowest BCUT2D eigenvalue weighted by atomic mass is 9.88. The van der Waals surface area contributed by atoms with E-state index in [2.05, 4.69) is 18.7 Å². The highest BCUT2D eigenvalue weighted by Gasteiger charge is 2.25. The molecule has 0 radical (unpaired) electrons. The van der Waals surface area contributed by atoms with Gasteiger partial charge in [-0.05, 0) is 56.2 Å². The molecule has 0 amide bonds. The lowest BCUT2D eigenvalue weighted by Crippen LogP contribution is -2.61. The van der Waals surface area contributed by atoms with Crippen LogP contribution >= 0.6 is 11.8 Å². The maximum absolute atomic E-state index is 11.5. The van der Waals surface area contributed by atoms with E-state index in [1.54, 1.807) is 0 Å². The normalized spacial score (nSPS) is 25.4. The molecule has 1 heterocycles. The highest BCUT2D eigenvalue weighted by Crippen LogP contribution is 2.34. The van der Waals surface area contributed by atoms with E-state index in [1.807, 2.05) is 17.8 Å². The first-order valence-electron chi connectivity index (χ1n) is 7.40. The van der Waals surface area contributed by atoms with Crippen LogP contribution in [0.4, 0.5) is 0 Å². The number of cyclic esters (lactones) is 1. The molecular formula is C16H22NO2S+. The lowest BCUT2D eigenvalue weighted by Gasteiger charge is -2.24. The molecule has 20 heavy (non-hydrogen) atoms. The number of quaternary nitrogens is 1. The highest BCUT2D eigenvalue weighted by molar-refractivity contribution is 7.99. The zero-order valence-electron chi connectivity index (χ0n) is 12.0. The van der Waals surface area contributed by atoms with E-state index < -0.39 is 0 Å². The minimum atomic E-state index is -0.173. The number of hydrogen-bond donors (Lipinski definition) is 1. The summed E-state index contributed by atoms with van der Waals surface area (Å²) in [6, 6.07) is 4.67. The SMILES string of the molecule is Cc1c(SCC2CCC([NH3+])CC2)ccc2c1COC2=O. The molecule has 0 atom stereocenters. The molecule has 4 heteroatoms. The van der Waals surface area contributed by atoms with Crippen molar-refractivity contribution >= 4 is 17.7 Å². The Hall–Kier alpha value is -1.00. The fourth-order valence-corrected chi connectivity index (χ4v) is 4.34. The van der Waals surface area contributed by atoms with Gasteiger partial charge in [-0.2, -0.15) is 0 Å². The van der Waals surface area contributed by atoms with Gasteiger partial charge in [-0.25, -0.2) is 4.79 Å². The quantitative estimate of drug-likeness (QED) is 0.688. The molecule has 1 fully saturated rings. The first-order valence-corrected chi connectivity index (χ1v) is 8.39. The van der Waals surface area contributed by atoms with E-state index in [1.165, 1.54) is 41.9 Å². The molecule has 1 aromatic rings. The minimum absolute atomic E-state index is 0.173. The van der Waals surface area contributed by atoms with Crippen LogP contribution in [0.2, 0.25) is 0 Å². The van der Waals surface area contributed by atoms with Crippen LogP contribution < -0.4 is 5.73 Å². The molecule has 3 rings (SSSR count). The van der Waals surface area contributed by atoms with E-state index in [-0.39, 0.29) is 5.97 Å². The summed E-state index contributed by atoms with van der Waals surface area (Å²) in [5.74, 6) is 1.83. The van der Waals surface area contributed by atoms with Crippen LogP contribution in [0.1, 0.15) is 47.2 Å². The smallest absolute Gasteiger partial charge is 0.338 e. The van der Waals surface area contributed by atoms with E-state index in [0.29, 0.717) is 12.6 Å². The highest BCUT2D eigenvalue weighted by atomic mass is 32.2. The van der Waals surface area contributed by atoms with Crippen LogP contribution in [-0.2, 0) is 11.3 Å². The van der Waals surface area contributed by atoms with E-state index in [0.717, 1.165) is 17.0 Å². The van der Waals surface area contributed by atoms with Crippen molar-refractivity contribution in [2.75, 3.05) is 5.75 Å². The third-order valence-electron chi connectivity index (χ3n) is 4.56. The number of esters is 1. The molecule has 1 aromatic carbocycles. The van der Waals surface area contributed by atoms with Gasteiger partial charge in [-0.1, -0.05) is 0 Å². The molecule has 0 aromatic heterocycles. The molecule has 0 spiro atoms. The van der Waals surface area contributed by atoms with Gasteiger partial charge in [-0.3, -0.25) is 0 Å². The zero-order chi connectivity index (χ0) is 14.1. The second-order valence-electron chi connectivity index (χ2n) is 5.99. The number of fused-ring (bicyclic) bond motifs is 1. The van der Waals surface area contributed by atoms with Crippen molar-refractivity contribution in [1.82, 2.24) is 0 Å². The molecular weight excluding hydrogens is 270 g/mol. The minimum Gasteiger partial charge on any atom is -0.457 e. The standard InChI is InChI=1S/C16H21NO2S/c1-10-14-8-19-16(18)13(14)6-7-15(10)20-9-11-2-4-12(17)5-3-11/h6-7,11-12H,2-5,8-9,17H2,1H3/p+1. The summed E-state index contributed by atoms with van der Waals surface area (Å²) in [6.07, 6.45) is 5.17. The number of ether oxygens (including phenoxy) is 1. The Labute approximate surface area is 124 Å². The van der Waals surface area contributed by atoms with Gasteiger partial charge >= 0.3 is 5.97 Å². The van der Waals surface area contributed by atoms with Crippen molar-refractivity contribution in [2.45, 2.75) is 50.2 Å². The van der Waals surface area contributed by atoms with Gasteiger partial charge in [0.1, 0.15) is 6.61 Å². The Morgan fingerprint density at radius 1 is 1.30 bits per heavy atom. The summed E-state index contributed by atoms with van der Waals surface area (Å²) < 4.78 is 5.11. The molecule has 1 saturated carbocycles. The molecule has 1 aliphatic heterocycles. The number of carbonyl (C=O) groups is 1. The van der Waals surface area contributed by atoms with Crippen LogP contribution in [0.15, 0.2) is 17.0 Å². The predicted molar refractivity (Wildman–Crippen MR) is 79.7 cm³/mol. The molecule has 0 bridgehead atoms. The average Bonchev–Trinajstić information content (AvgIpc) is 2.82. The topological polar surface area (TPSA) is 53.9 Å². The second kappa shape index (κ2) is 5.78. The van der Waals surface area contributed by atoms with Crippen LogP contribution in [0, 0.1) is 12.8 Å². The maximum Gasteiger partial charge on any atom is 0.338 e. The van der Waals surface area contributed by atoms with E-state index >= 15 is 0 Å². The van der Waals surface area contributed by atoms with Gasteiger partial charge in [0.05, 0.1) is 11.6 Å². The molecule has 1 aliphatic carbocycles. The zero-order valence-corrected chi connectivity index (χ0v) is 12.8. The third kappa shape index (κ3) is 2.72. The van der Waals surface area contributed by atoms with Gasteiger partial charge in [0.15, 0.2) is 0 Å². The lowest BCUT2D eigenvalue weighted by molar-refractivity contribution is -0.426. The van der Waals surface area contributed by atoms with Crippen LogP contribution in [0.3, 0.4) is 0 Å². The summed E-state index contributed by atoms with van der Waals surface area (Å²) in [7, 11) is 0. The monoisotopic (exact) mass is 292 g/mol. The summed E-state index contributed by atoms with van der Waals surface area (Å²) in [6.45, 7) is 2.55. The third-order valence-corrected chi connectivity index (χ3v) is 5.95. The fraction of sp³-hybridized carbons (Fsp3) is 0.562. The van der Waals surface area contributed by atoms with E-state index in [9.17, 15) is 4.79 Å². The Kier molecular flexibility index (Phi) is 4.03. The van der Waals surface area contributed by atoms with Crippen molar-refractivity contribution in [3.8, 4) is 0 Å². The molecule has 0 saturated heterocycles. The molecule has 2 aliphatic rings. The fourth-order valence-electron chi connectivity index (χ4n) is 3.09. The summed E-state index contributed by atoms with van der Waals surface area (Å²) in [4.78, 5) is 12.8. The predicted octanol–water partition coefficient (Wildman–Crippen LogP) is 2.56. The number of benzene rings is 1. The van der Waals surface area contributed by atoms with Crippen LogP contribution in [0.5, 0.6) is 0 Å². The Balaban J connectivity index is 1.65. The van der Waals surface area contributed by atoms with Gasteiger partial charge in [0, 0.05) is 16.2 Å². The number of thioether (sulfide) groups is 1. The van der Waals surface area contributed by atoms with Crippen molar-refractivity contribution in [3.05, 3.63) is 28.8 Å². The first-order chi connectivity index (χ1) is 9.65. The first kappa shape index (κ1) is 14.0. The molecule has 3 nitrogen and oxygen atoms in total. The molecule has 108 valence electrons. The van der Waals surface area contributed by atoms with E-state index in [4.69, 9.17) is 4.74 Å². The molecule has 3 N–H and O–H groups in total. The van der Waals surface area contributed by atoms with Crippen molar-refractivity contribution in [3.63, 3.8) is 0 Å². The number of carbonyl (C=O) groups excluding carboxylic acids is 1. The summed E-state index contributed by atoms with van der Waals surface area (Å²) in [5.41, 5.74) is 7.22.